The molecule has 63 valence electrons. The van der Waals surface area contributed by atoms with Crippen LogP contribution >= 0.6 is 0 Å². The monoisotopic (exact) mass is 153 g/mol. The first-order valence-electron chi connectivity index (χ1n) is 3.93. The Morgan fingerprint density at radius 1 is 1.18 bits per heavy atom. The zero-order chi connectivity index (χ0) is 9.12. The molecular weight excluding hydrogens is 135 g/mol. The van der Waals surface area contributed by atoms with Crippen LogP contribution in [-0.4, -0.2) is 13.1 Å². The Balaban J connectivity index is 4.10. The van der Waals surface area contributed by atoms with Gasteiger partial charge in [-0.25, -0.2) is 0 Å². The largest absolute Gasteiger partial charge is 0.430 e. The summed E-state index contributed by atoms with van der Waals surface area (Å²) in [5.41, 5.74) is 0.00764. The van der Waals surface area contributed by atoms with Crippen molar-refractivity contribution in [3.8, 4) is 0 Å². The summed E-state index contributed by atoms with van der Waals surface area (Å²) in [5.74, 6) is 1.66. The third-order valence-corrected chi connectivity index (χ3v) is 2.27. The molecule has 0 heterocycles. The van der Waals surface area contributed by atoms with Gasteiger partial charge in [0.2, 0.25) is 0 Å². The molecule has 0 saturated carbocycles. The molecule has 0 fully saturated rings. The Kier molecular flexibility index (Phi) is 3.37. The summed E-state index contributed by atoms with van der Waals surface area (Å²) in [7, 11) is 1.64. The van der Waals surface area contributed by atoms with Gasteiger partial charge in [0.15, 0.2) is 0 Å². The standard InChI is InChI=1S/C9H18BO/c1-7-10-11-9(5,6)8(2,3)4/h7H,1H2,2-6H3. The predicted octanol–water partition coefficient (Wildman–Crippen LogP) is 2.59. The van der Waals surface area contributed by atoms with Crippen LogP contribution in [0.2, 0.25) is 0 Å². The first-order valence-corrected chi connectivity index (χ1v) is 3.93. The summed E-state index contributed by atoms with van der Waals surface area (Å²) in [4.78, 5) is 0. The molecular formula is C9H18BO. The fourth-order valence-corrected chi connectivity index (χ4v) is 0.395. The molecule has 0 rings (SSSR count). The molecule has 0 saturated heterocycles. The van der Waals surface area contributed by atoms with Gasteiger partial charge in [-0.05, 0) is 19.3 Å². The van der Waals surface area contributed by atoms with E-state index < -0.39 is 0 Å². The van der Waals surface area contributed by atoms with Crippen molar-refractivity contribution in [2.24, 2.45) is 5.41 Å². The third kappa shape index (κ3) is 3.11. The predicted molar refractivity (Wildman–Crippen MR) is 50.6 cm³/mol. The van der Waals surface area contributed by atoms with Gasteiger partial charge in [0.05, 0.1) is 5.60 Å². The zero-order valence-corrected chi connectivity index (χ0v) is 8.27. The molecule has 0 aromatic rings. The molecule has 2 heteroatoms. The minimum atomic E-state index is -0.138. The highest BCUT2D eigenvalue weighted by Crippen LogP contribution is 2.32. The highest BCUT2D eigenvalue weighted by molar-refractivity contribution is 6.34. The second-order valence-corrected chi connectivity index (χ2v) is 4.25. The average molecular weight is 153 g/mol. The van der Waals surface area contributed by atoms with E-state index in [2.05, 4.69) is 41.2 Å². The fourth-order valence-electron chi connectivity index (χ4n) is 0.395. The molecule has 1 nitrogen and oxygen atoms in total. The van der Waals surface area contributed by atoms with E-state index in [4.69, 9.17) is 4.65 Å². The van der Waals surface area contributed by atoms with Gasteiger partial charge in [0, 0.05) is 0 Å². The van der Waals surface area contributed by atoms with Crippen molar-refractivity contribution in [1.29, 1.82) is 0 Å². The molecule has 1 radical (unpaired) electrons. The number of hydrogen-bond acceptors (Lipinski definition) is 1. The minimum absolute atomic E-state index is 0.138. The zero-order valence-electron chi connectivity index (χ0n) is 8.27. The van der Waals surface area contributed by atoms with Gasteiger partial charge in [-0.2, -0.15) is 0 Å². The molecule has 0 aliphatic heterocycles. The molecule has 0 aromatic heterocycles. The van der Waals surface area contributed by atoms with Gasteiger partial charge in [-0.1, -0.05) is 26.7 Å². The van der Waals surface area contributed by atoms with Crippen LogP contribution in [0.25, 0.3) is 0 Å². The maximum Gasteiger partial charge on any atom is 0.322 e. The van der Waals surface area contributed by atoms with E-state index in [1.807, 2.05) is 0 Å². The quantitative estimate of drug-likeness (QED) is 0.566. The average Bonchev–Trinajstić information content (AvgIpc) is 1.81. The fraction of sp³-hybridized carbons (Fsp3) is 0.778. The molecule has 0 unspecified atom stereocenters. The summed E-state index contributed by atoms with van der Waals surface area (Å²) in [5, 5.41) is 0. The lowest BCUT2D eigenvalue weighted by molar-refractivity contribution is 0.00481. The van der Waals surface area contributed by atoms with Crippen LogP contribution in [0.15, 0.2) is 12.6 Å². The minimum Gasteiger partial charge on any atom is -0.430 e. The molecule has 0 spiro atoms. The summed E-state index contributed by atoms with van der Waals surface area (Å²) >= 11 is 0. The molecule has 0 aromatic carbocycles. The van der Waals surface area contributed by atoms with Crippen LogP contribution in [-0.2, 0) is 4.65 Å². The van der Waals surface area contributed by atoms with Gasteiger partial charge >= 0.3 is 7.48 Å². The summed E-state index contributed by atoms with van der Waals surface area (Å²) in [6.45, 7) is 14.2. The van der Waals surface area contributed by atoms with Crippen LogP contribution in [0, 0.1) is 5.41 Å². The van der Waals surface area contributed by atoms with E-state index in [-0.39, 0.29) is 11.0 Å². The van der Waals surface area contributed by atoms with Crippen molar-refractivity contribution in [1.82, 2.24) is 0 Å². The lowest BCUT2D eigenvalue weighted by Gasteiger charge is -2.38. The van der Waals surface area contributed by atoms with E-state index >= 15 is 0 Å². The maximum atomic E-state index is 5.50. The first-order chi connectivity index (χ1) is 4.81. The molecule has 0 N–H and O–H groups in total. The lowest BCUT2D eigenvalue weighted by Crippen LogP contribution is -2.40. The van der Waals surface area contributed by atoms with E-state index in [0.29, 0.717) is 0 Å². The number of hydrogen-bond donors (Lipinski definition) is 0. The molecule has 0 bridgehead atoms. The van der Waals surface area contributed by atoms with Crippen LogP contribution in [0.1, 0.15) is 34.6 Å². The van der Waals surface area contributed by atoms with E-state index in [1.54, 1.807) is 13.5 Å². The molecule has 11 heavy (non-hydrogen) atoms. The van der Waals surface area contributed by atoms with Crippen molar-refractivity contribution >= 4 is 7.48 Å². The van der Waals surface area contributed by atoms with Crippen molar-refractivity contribution in [2.75, 3.05) is 0 Å². The van der Waals surface area contributed by atoms with E-state index in [1.165, 1.54) is 0 Å². The Morgan fingerprint density at radius 3 is 1.91 bits per heavy atom. The van der Waals surface area contributed by atoms with Crippen LogP contribution in [0.5, 0.6) is 0 Å². The second kappa shape index (κ2) is 3.44. The van der Waals surface area contributed by atoms with Gasteiger partial charge in [-0.15, -0.1) is 6.58 Å². The number of rotatable bonds is 3. The van der Waals surface area contributed by atoms with Crippen molar-refractivity contribution in [3.05, 3.63) is 12.6 Å². The Bertz CT molecular complexity index is 133. The van der Waals surface area contributed by atoms with Crippen LogP contribution in [0.3, 0.4) is 0 Å². The Morgan fingerprint density at radius 2 is 1.64 bits per heavy atom. The highest BCUT2D eigenvalue weighted by Gasteiger charge is 2.32. The first kappa shape index (κ1) is 10.8. The summed E-state index contributed by atoms with van der Waals surface area (Å²) in [6.07, 6.45) is 0. The van der Waals surface area contributed by atoms with E-state index in [9.17, 15) is 0 Å². The van der Waals surface area contributed by atoms with Crippen molar-refractivity contribution < 1.29 is 4.65 Å². The van der Waals surface area contributed by atoms with Gasteiger partial charge in [-0.3, -0.25) is 0 Å². The van der Waals surface area contributed by atoms with Gasteiger partial charge in [0.25, 0.3) is 0 Å². The normalized spacial score (nSPS) is 12.8. The SMILES string of the molecule is C=C[B]OC(C)(C)C(C)(C)C. The third-order valence-electron chi connectivity index (χ3n) is 2.27. The smallest absolute Gasteiger partial charge is 0.322 e. The maximum absolute atomic E-state index is 5.50. The van der Waals surface area contributed by atoms with Crippen LogP contribution in [0.4, 0.5) is 0 Å². The van der Waals surface area contributed by atoms with Gasteiger partial charge < -0.3 is 4.65 Å². The topological polar surface area (TPSA) is 9.23 Å². The molecule has 0 aliphatic rings. The lowest BCUT2D eigenvalue weighted by atomic mass is 9.77. The highest BCUT2D eigenvalue weighted by atomic mass is 16.5. The van der Waals surface area contributed by atoms with Gasteiger partial charge in [0.1, 0.15) is 0 Å². The molecule has 0 aliphatic carbocycles. The summed E-state index contributed by atoms with van der Waals surface area (Å²) < 4.78 is 5.50. The van der Waals surface area contributed by atoms with Crippen molar-refractivity contribution in [2.45, 2.75) is 40.2 Å². The van der Waals surface area contributed by atoms with Crippen molar-refractivity contribution in [3.63, 3.8) is 0 Å². The second-order valence-electron chi connectivity index (χ2n) is 4.25. The Labute approximate surface area is 71.1 Å². The van der Waals surface area contributed by atoms with Crippen LogP contribution < -0.4 is 0 Å². The summed E-state index contributed by atoms with van der Waals surface area (Å²) in [6, 6.07) is 0. The Hall–Kier alpha value is -0.235. The molecule has 0 atom stereocenters. The molecule has 0 amide bonds. The van der Waals surface area contributed by atoms with E-state index in [0.717, 1.165) is 0 Å².